The molecule has 202 valence electrons. The number of anilines is 1. The van der Waals surface area contributed by atoms with Gasteiger partial charge in [0.1, 0.15) is 11.8 Å². The molecule has 0 spiro atoms. The molecule has 0 saturated carbocycles. The van der Waals surface area contributed by atoms with E-state index in [1.165, 1.54) is 4.31 Å². The summed E-state index contributed by atoms with van der Waals surface area (Å²) in [5.74, 6) is 0.302. The van der Waals surface area contributed by atoms with Crippen LogP contribution in [0.25, 0.3) is 10.8 Å². The molecule has 1 heterocycles. The molecule has 1 N–H and O–H groups in total. The van der Waals surface area contributed by atoms with Crippen molar-refractivity contribution in [2.24, 2.45) is 0 Å². The number of sulfonamides is 1. The molecule has 4 rings (SSSR count). The molecule has 38 heavy (non-hydrogen) atoms. The van der Waals surface area contributed by atoms with Crippen LogP contribution in [0.3, 0.4) is 0 Å². The van der Waals surface area contributed by atoms with Gasteiger partial charge in [-0.15, -0.1) is 0 Å². The number of nitrogens with one attached hydrogen (secondary N) is 1. The number of rotatable bonds is 12. The third-order valence-corrected chi connectivity index (χ3v) is 8.80. The van der Waals surface area contributed by atoms with Crippen LogP contribution in [0.4, 0.5) is 5.69 Å². The fraction of sp³-hybridized carbons (Fsp3) is 0.379. The summed E-state index contributed by atoms with van der Waals surface area (Å²) in [7, 11) is -2.09. The topological polar surface area (TPSA) is 96.0 Å². The van der Waals surface area contributed by atoms with Crippen LogP contribution in [-0.4, -0.2) is 51.4 Å². The van der Waals surface area contributed by atoms with Crippen molar-refractivity contribution in [2.75, 3.05) is 24.5 Å². The zero-order valence-electron chi connectivity index (χ0n) is 22.1. The standard InChI is InChI=1S/C29H35N3O5S/c1-4-5-18-30-29(34)21(2)31(20-22-14-16-24(37-3)17-15-22)27(33)13-8-19-32-25-11-6-9-23-10-7-12-26(28(23)25)38(32,35)36/h6-7,9-12,14-17,21H,4-5,8,13,18-20H2,1-3H3,(H,30,34)/t21-/m1/s1. The van der Waals surface area contributed by atoms with Gasteiger partial charge in [-0.25, -0.2) is 8.42 Å². The molecule has 8 nitrogen and oxygen atoms in total. The molecule has 0 bridgehead atoms. The summed E-state index contributed by atoms with van der Waals surface area (Å²) in [5, 5.41) is 4.51. The molecule has 9 heteroatoms. The van der Waals surface area contributed by atoms with Crippen molar-refractivity contribution in [3.8, 4) is 5.75 Å². The van der Waals surface area contributed by atoms with Gasteiger partial charge in [0.15, 0.2) is 0 Å². The Balaban J connectivity index is 1.47. The quantitative estimate of drug-likeness (QED) is 0.344. The lowest BCUT2D eigenvalue weighted by Gasteiger charge is -2.29. The zero-order valence-corrected chi connectivity index (χ0v) is 23.0. The van der Waals surface area contributed by atoms with E-state index in [-0.39, 0.29) is 31.3 Å². The van der Waals surface area contributed by atoms with Crippen molar-refractivity contribution in [3.05, 3.63) is 66.2 Å². The minimum Gasteiger partial charge on any atom is -0.497 e. The highest BCUT2D eigenvalue weighted by Crippen LogP contribution is 2.42. The number of hydrogen-bond donors (Lipinski definition) is 1. The zero-order chi connectivity index (χ0) is 27.3. The van der Waals surface area contributed by atoms with Gasteiger partial charge in [0.05, 0.1) is 17.7 Å². The van der Waals surface area contributed by atoms with Gasteiger partial charge in [-0.05, 0) is 55.0 Å². The maximum absolute atomic E-state index is 13.4. The highest BCUT2D eigenvalue weighted by Gasteiger charge is 2.35. The first-order valence-corrected chi connectivity index (χ1v) is 14.5. The lowest BCUT2D eigenvalue weighted by atomic mass is 10.1. The van der Waals surface area contributed by atoms with Crippen LogP contribution in [0.15, 0.2) is 65.6 Å². The Kier molecular flexibility index (Phi) is 8.56. The normalized spacial score (nSPS) is 14.3. The van der Waals surface area contributed by atoms with E-state index in [1.54, 1.807) is 37.1 Å². The molecule has 3 aromatic rings. The van der Waals surface area contributed by atoms with Crippen LogP contribution in [0.1, 0.15) is 45.1 Å². The molecule has 0 saturated heterocycles. The van der Waals surface area contributed by atoms with E-state index in [2.05, 4.69) is 12.2 Å². The number of benzene rings is 3. The van der Waals surface area contributed by atoms with E-state index in [0.717, 1.165) is 29.2 Å². The van der Waals surface area contributed by atoms with E-state index in [0.29, 0.717) is 29.3 Å². The monoisotopic (exact) mass is 537 g/mol. The lowest BCUT2D eigenvalue weighted by Crippen LogP contribution is -2.47. The van der Waals surface area contributed by atoms with Crippen LogP contribution in [0, 0.1) is 0 Å². The van der Waals surface area contributed by atoms with Gasteiger partial charge in [0, 0.05) is 31.4 Å². The summed E-state index contributed by atoms with van der Waals surface area (Å²) in [5.41, 5.74) is 1.51. The predicted molar refractivity (Wildman–Crippen MR) is 149 cm³/mol. The van der Waals surface area contributed by atoms with E-state index >= 15 is 0 Å². The summed E-state index contributed by atoms with van der Waals surface area (Å²) in [4.78, 5) is 28.2. The second kappa shape index (κ2) is 11.9. The van der Waals surface area contributed by atoms with E-state index < -0.39 is 16.1 Å². The molecule has 0 aliphatic carbocycles. The van der Waals surface area contributed by atoms with Crippen molar-refractivity contribution >= 4 is 38.3 Å². The molecule has 3 aromatic carbocycles. The summed E-state index contributed by atoms with van der Waals surface area (Å²) in [6, 6.07) is 17.5. The van der Waals surface area contributed by atoms with Gasteiger partial charge < -0.3 is 15.0 Å². The first-order chi connectivity index (χ1) is 18.3. The Morgan fingerprint density at radius 1 is 1.03 bits per heavy atom. The van der Waals surface area contributed by atoms with Gasteiger partial charge in [0.2, 0.25) is 11.8 Å². The van der Waals surface area contributed by atoms with Crippen LogP contribution < -0.4 is 14.4 Å². The van der Waals surface area contributed by atoms with Crippen LogP contribution in [-0.2, 0) is 26.2 Å². The molecule has 2 amide bonds. The third-order valence-electron chi connectivity index (χ3n) is 6.94. The number of carbonyl (C=O) groups is 2. The number of unbranched alkanes of at least 4 members (excludes halogenated alkanes) is 1. The Morgan fingerprint density at radius 2 is 1.74 bits per heavy atom. The maximum Gasteiger partial charge on any atom is 0.265 e. The Bertz CT molecular complexity index is 1400. The van der Waals surface area contributed by atoms with Crippen molar-refractivity contribution < 1.29 is 22.7 Å². The van der Waals surface area contributed by atoms with Gasteiger partial charge >= 0.3 is 0 Å². The minimum absolute atomic E-state index is 0.112. The summed E-state index contributed by atoms with van der Waals surface area (Å²) < 4.78 is 33.1. The second-order valence-electron chi connectivity index (χ2n) is 9.50. The third kappa shape index (κ3) is 5.62. The first kappa shape index (κ1) is 27.4. The van der Waals surface area contributed by atoms with Gasteiger partial charge in [-0.3, -0.25) is 13.9 Å². The van der Waals surface area contributed by atoms with E-state index in [9.17, 15) is 18.0 Å². The number of hydrogen-bond acceptors (Lipinski definition) is 5. The number of amides is 2. The minimum atomic E-state index is -3.68. The number of methoxy groups -OCH3 is 1. The first-order valence-electron chi connectivity index (χ1n) is 13.0. The number of ether oxygens (including phenoxy) is 1. The molecule has 0 unspecified atom stereocenters. The van der Waals surface area contributed by atoms with E-state index in [1.807, 2.05) is 42.5 Å². The summed E-state index contributed by atoms with van der Waals surface area (Å²) >= 11 is 0. The van der Waals surface area contributed by atoms with Crippen LogP contribution in [0.5, 0.6) is 5.75 Å². The smallest absolute Gasteiger partial charge is 0.265 e. The fourth-order valence-electron chi connectivity index (χ4n) is 4.76. The predicted octanol–water partition coefficient (Wildman–Crippen LogP) is 4.47. The summed E-state index contributed by atoms with van der Waals surface area (Å²) in [6.45, 7) is 4.77. The average Bonchev–Trinajstić information content (AvgIpc) is 3.14. The van der Waals surface area contributed by atoms with Gasteiger partial charge in [0.25, 0.3) is 10.0 Å². The van der Waals surface area contributed by atoms with Crippen molar-refractivity contribution in [2.45, 2.75) is 57.0 Å². The molecule has 1 aliphatic rings. The Labute approximate surface area is 224 Å². The van der Waals surface area contributed by atoms with Crippen LogP contribution in [0.2, 0.25) is 0 Å². The van der Waals surface area contributed by atoms with E-state index in [4.69, 9.17) is 4.74 Å². The number of carbonyl (C=O) groups excluding carboxylic acids is 2. The molecule has 1 aliphatic heterocycles. The lowest BCUT2D eigenvalue weighted by molar-refractivity contribution is -0.140. The molecular formula is C29H35N3O5S. The second-order valence-corrected chi connectivity index (χ2v) is 11.3. The van der Waals surface area contributed by atoms with Crippen molar-refractivity contribution in [3.63, 3.8) is 0 Å². The summed E-state index contributed by atoms with van der Waals surface area (Å²) in [6.07, 6.45) is 2.26. The maximum atomic E-state index is 13.4. The molecule has 0 radical (unpaired) electrons. The fourth-order valence-corrected chi connectivity index (χ4v) is 6.51. The van der Waals surface area contributed by atoms with Gasteiger partial charge in [-0.2, -0.15) is 0 Å². The van der Waals surface area contributed by atoms with Crippen LogP contribution >= 0.6 is 0 Å². The molecule has 1 atom stereocenters. The molecular weight excluding hydrogens is 502 g/mol. The Morgan fingerprint density at radius 3 is 2.42 bits per heavy atom. The Hall–Kier alpha value is -3.59. The van der Waals surface area contributed by atoms with Crippen molar-refractivity contribution in [1.82, 2.24) is 10.2 Å². The van der Waals surface area contributed by atoms with Crippen molar-refractivity contribution in [1.29, 1.82) is 0 Å². The average molecular weight is 538 g/mol. The highest BCUT2D eigenvalue weighted by atomic mass is 32.2. The number of nitrogens with zero attached hydrogens (tertiary/aromatic N) is 2. The SMILES string of the molecule is CCCCNC(=O)[C@@H](C)N(Cc1ccc(OC)cc1)C(=O)CCCN1c2cccc3cccc(c23)S1(=O)=O. The molecule has 0 aromatic heterocycles. The molecule has 0 fully saturated rings. The van der Waals surface area contributed by atoms with Gasteiger partial charge in [-0.1, -0.05) is 49.7 Å². The highest BCUT2D eigenvalue weighted by molar-refractivity contribution is 7.93. The largest absolute Gasteiger partial charge is 0.497 e.